The molecule has 2 aliphatic rings. The average molecular weight is 212 g/mol. The van der Waals surface area contributed by atoms with Crippen LogP contribution < -0.4 is 5.32 Å². The molecule has 2 saturated heterocycles. The van der Waals surface area contributed by atoms with Gasteiger partial charge in [-0.3, -0.25) is 4.90 Å². The van der Waals surface area contributed by atoms with Crippen LogP contribution in [0.1, 0.15) is 26.2 Å². The van der Waals surface area contributed by atoms with Crippen LogP contribution in [-0.2, 0) is 4.74 Å². The maximum Gasteiger partial charge on any atom is 0.0710 e. The van der Waals surface area contributed by atoms with Gasteiger partial charge in [0, 0.05) is 32.8 Å². The molecule has 0 aromatic heterocycles. The van der Waals surface area contributed by atoms with Crippen LogP contribution in [0.25, 0.3) is 0 Å². The van der Waals surface area contributed by atoms with Crippen molar-refractivity contribution in [1.29, 1.82) is 0 Å². The van der Waals surface area contributed by atoms with E-state index in [-0.39, 0.29) is 0 Å². The first-order valence-corrected chi connectivity index (χ1v) is 6.28. The molecule has 88 valence electrons. The summed E-state index contributed by atoms with van der Waals surface area (Å²) in [4.78, 5) is 2.55. The minimum absolute atomic E-state index is 0.476. The number of nitrogens with one attached hydrogen (secondary N) is 1. The summed E-state index contributed by atoms with van der Waals surface area (Å²) in [5.41, 5.74) is 0. The molecule has 15 heavy (non-hydrogen) atoms. The molecule has 1 N–H and O–H groups in total. The van der Waals surface area contributed by atoms with Crippen molar-refractivity contribution in [1.82, 2.24) is 10.2 Å². The largest absolute Gasteiger partial charge is 0.380 e. The number of ether oxygens (including phenoxy) is 1. The van der Waals surface area contributed by atoms with E-state index in [1.54, 1.807) is 0 Å². The van der Waals surface area contributed by atoms with E-state index in [0.29, 0.717) is 12.1 Å². The second-order valence-corrected chi connectivity index (χ2v) is 5.09. The van der Waals surface area contributed by atoms with Gasteiger partial charge in [-0.2, -0.15) is 0 Å². The Morgan fingerprint density at radius 3 is 2.93 bits per heavy atom. The summed E-state index contributed by atoms with van der Waals surface area (Å²) in [6.45, 7) is 7.13. The molecule has 0 spiro atoms. The van der Waals surface area contributed by atoms with Gasteiger partial charge in [0.05, 0.1) is 6.10 Å². The summed E-state index contributed by atoms with van der Waals surface area (Å²) in [6, 6.07) is 0.703. The minimum Gasteiger partial charge on any atom is -0.380 e. The number of hydrogen-bond acceptors (Lipinski definition) is 3. The maximum atomic E-state index is 5.40. The Bertz CT molecular complexity index is 198. The number of methoxy groups -OCH3 is 1. The summed E-state index contributed by atoms with van der Waals surface area (Å²) in [5, 5.41) is 3.65. The minimum atomic E-state index is 0.476. The van der Waals surface area contributed by atoms with Crippen molar-refractivity contribution in [2.75, 3.05) is 33.3 Å². The van der Waals surface area contributed by atoms with Gasteiger partial charge >= 0.3 is 0 Å². The van der Waals surface area contributed by atoms with E-state index >= 15 is 0 Å². The highest BCUT2D eigenvalue weighted by Gasteiger charge is 2.27. The number of rotatable bonds is 3. The summed E-state index contributed by atoms with van der Waals surface area (Å²) < 4.78 is 5.40. The molecule has 2 heterocycles. The highest BCUT2D eigenvalue weighted by Crippen LogP contribution is 2.19. The molecule has 2 rings (SSSR count). The lowest BCUT2D eigenvalue weighted by Crippen LogP contribution is -2.47. The van der Waals surface area contributed by atoms with Crippen LogP contribution in [0.3, 0.4) is 0 Å². The van der Waals surface area contributed by atoms with Crippen molar-refractivity contribution in [2.45, 2.75) is 38.3 Å². The summed E-state index contributed by atoms with van der Waals surface area (Å²) in [6.07, 6.45) is 4.42. The topological polar surface area (TPSA) is 24.5 Å². The first-order chi connectivity index (χ1) is 7.29. The van der Waals surface area contributed by atoms with Gasteiger partial charge in [-0.15, -0.1) is 0 Å². The summed E-state index contributed by atoms with van der Waals surface area (Å²) >= 11 is 0. The summed E-state index contributed by atoms with van der Waals surface area (Å²) in [5.74, 6) is 0.834. The van der Waals surface area contributed by atoms with Crippen LogP contribution in [-0.4, -0.2) is 50.3 Å². The Balaban J connectivity index is 1.76. The van der Waals surface area contributed by atoms with Gasteiger partial charge in [0.25, 0.3) is 0 Å². The molecule has 2 aliphatic heterocycles. The third kappa shape index (κ3) is 2.92. The first-order valence-electron chi connectivity index (χ1n) is 6.28. The molecule has 3 atom stereocenters. The number of hydrogen-bond donors (Lipinski definition) is 1. The van der Waals surface area contributed by atoms with Crippen molar-refractivity contribution >= 4 is 0 Å². The molecule has 0 amide bonds. The van der Waals surface area contributed by atoms with Gasteiger partial charge < -0.3 is 10.1 Å². The van der Waals surface area contributed by atoms with Gasteiger partial charge in [-0.25, -0.2) is 0 Å². The second-order valence-electron chi connectivity index (χ2n) is 5.09. The predicted octanol–water partition coefficient (Wildman–Crippen LogP) is 1.10. The van der Waals surface area contributed by atoms with E-state index in [4.69, 9.17) is 4.74 Å². The third-order valence-corrected chi connectivity index (χ3v) is 3.95. The van der Waals surface area contributed by atoms with Crippen molar-refractivity contribution in [3.63, 3.8) is 0 Å². The van der Waals surface area contributed by atoms with E-state index < -0.39 is 0 Å². The zero-order valence-corrected chi connectivity index (χ0v) is 10.0. The van der Waals surface area contributed by atoms with Crippen LogP contribution in [0, 0.1) is 5.92 Å². The second kappa shape index (κ2) is 5.28. The highest BCUT2D eigenvalue weighted by molar-refractivity contribution is 4.85. The van der Waals surface area contributed by atoms with Gasteiger partial charge in [0.2, 0.25) is 0 Å². The van der Waals surface area contributed by atoms with Crippen molar-refractivity contribution in [3.05, 3.63) is 0 Å². The first kappa shape index (κ1) is 11.4. The lowest BCUT2D eigenvalue weighted by atomic mass is 9.92. The molecule has 3 unspecified atom stereocenters. The Hall–Kier alpha value is -0.120. The average Bonchev–Trinajstić information content (AvgIpc) is 2.69. The number of nitrogens with zero attached hydrogens (tertiary/aromatic N) is 1. The van der Waals surface area contributed by atoms with E-state index in [1.165, 1.54) is 38.9 Å². The molecule has 0 bridgehead atoms. The van der Waals surface area contributed by atoms with Crippen molar-refractivity contribution in [2.24, 2.45) is 5.92 Å². The lowest BCUT2D eigenvalue weighted by Gasteiger charge is -2.33. The highest BCUT2D eigenvalue weighted by atomic mass is 16.5. The molecule has 2 fully saturated rings. The third-order valence-electron chi connectivity index (χ3n) is 3.95. The van der Waals surface area contributed by atoms with Crippen molar-refractivity contribution < 1.29 is 4.74 Å². The van der Waals surface area contributed by atoms with E-state index in [1.807, 2.05) is 7.11 Å². The molecular weight excluding hydrogens is 188 g/mol. The fourth-order valence-electron chi connectivity index (χ4n) is 2.79. The maximum absolute atomic E-state index is 5.40. The number of piperidine rings is 1. The quantitative estimate of drug-likeness (QED) is 0.758. The molecule has 0 radical (unpaired) electrons. The van der Waals surface area contributed by atoms with E-state index in [0.717, 1.165) is 12.5 Å². The molecule has 3 heteroatoms. The molecule has 0 aliphatic carbocycles. The van der Waals surface area contributed by atoms with Gasteiger partial charge in [-0.05, 0) is 31.7 Å². The molecule has 0 aromatic rings. The Labute approximate surface area is 93.2 Å². The lowest BCUT2D eigenvalue weighted by molar-refractivity contribution is 0.104. The molecular formula is C12H24N2O. The Morgan fingerprint density at radius 2 is 2.27 bits per heavy atom. The fraction of sp³-hybridized carbons (Fsp3) is 1.00. The standard InChI is InChI=1S/C12H24N2O/c1-10-4-3-6-13-12(10)9-14-7-5-11(8-14)15-2/h10-13H,3-9H2,1-2H3. The van der Waals surface area contributed by atoms with Crippen LogP contribution in [0.5, 0.6) is 0 Å². The fourth-order valence-corrected chi connectivity index (χ4v) is 2.79. The Morgan fingerprint density at radius 1 is 1.40 bits per heavy atom. The zero-order chi connectivity index (χ0) is 10.7. The smallest absolute Gasteiger partial charge is 0.0710 e. The zero-order valence-electron chi connectivity index (χ0n) is 10.0. The van der Waals surface area contributed by atoms with Crippen LogP contribution in [0.15, 0.2) is 0 Å². The van der Waals surface area contributed by atoms with Gasteiger partial charge in [0.1, 0.15) is 0 Å². The monoisotopic (exact) mass is 212 g/mol. The predicted molar refractivity (Wildman–Crippen MR) is 62.0 cm³/mol. The molecule has 0 saturated carbocycles. The SMILES string of the molecule is COC1CCN(CC2NCCCC2C)C1. The van der Waals surface area contributed by atoms with Crippen LogP contribution in [0.4, 0.5) is 0 Å². The number of likely N-dealkylation sites (tertiary alicyclic amines) is 1. The van der Waals surface area contributed by atoms with Gasteiger partial charge in [0.15, 0.2) is 0 Å². The van der Waals surface area contributed by atoms with Crippen molar-refractivity contribution in [3.8, 4) is 0 Å². The normalized spacial score (nSPS) is 38.4. The van der Waals surface area contributed by atoms with Crippen LogP contribution in [0.2, 0.25) is 0 Å². The van der Waals surface area contributed by atoms with E-state index in [2.05, 4.69) is 17.1 Å². The summed E-state index contributed by atoms with van der Waals surface area (Å²) in [7, 11) is 1.83. The molecule has 0 aromatic carbocycles. The van der Waals surface area contributed by atoms with Crippen LogP contribution >= 0.6 is 0 Å². The Kier molecular flexibility index (Phi) is 4.00. The molecule has 3 nitrogen and oxygen atoms in total. The van der Waals surface area contributed by atoms with Gasteiger partial charge in [-0.1, -0.05) is 6.92 Å². The van der Waals surface area contributed by atoms with E-state index in [9.17, 15) is 0 Å².